The Labute approximate surface area is 109 Å². The quantitative estimate of drug-likeness (QED) is 0.762. The van der Waals surface area contributed by atoms with E-state index >= 15 is 0 Å². The summed E-state index contributed by atoms with van der Waals surface area (Å²) in [6, 6.07) is 0. The number of nitrogen functional groups attached to an aromatic ring is 1. The third kappa shape index (κ3) is 3.95. The number of aromatic nitrogens is 2. The van der Waals surface area contributed by atoms with E-state index in [4.69, 9.17) is 5.73 Å². The van der Waals surface area contributed by atoms with E-state index in [-0.39, 0.29) is 0 Å². The molecule has 1 heterocycles. The van der Waals surface area contributed by atoms with Crippen LogP contribution in [0.3, 0.4) is 0 Å². The number of thioether (sulfide) groups is 1. The summed E-state index contributed by atoms with van der Waals surface area (Å²) in [6.07, 6.45) is 1.94. The second-order valence-electron chi connectivity index (χ2n) is 4.66. The maximum absolute atomic E-state index is 6.20. The van der Waals surface area contributed by atoms with Gasteiger partial charge >= 0.3 is 0 Å². The Bertz CT molecular complexity index is 345. The van der Waals surface area contributed by atoms with Crippen molar-refractivity contribution in [3.63, 3.8) is 0 Å². The molecule has 0 radical (unpaired) electrons. The number of nitrogens with zero attached hydrogens (tertiary/aromatic N) is 2. The van der Waals surface area contributed by atoms with Crippen LogP contribution in [0.4, 0.5) is 5.82 Å². The Hall–Kier alpha value is -0.640. The second kappa shape index (κ2) is 6.94. The Balaban J connectivity index is 2.81. The molecule has 2 N–H and O–H groups in total. The summed E-state index contributed by atoms with van der Waals surface area (Å²) in [4.78, 5) is 4.68. The van der Waals surface area contributed by atoms with Crippen molar-refractivity contribution in [2.45, 2.75) is 47.1 Å². The number of aryl methyl sites for hydroxylation is 2. The van der Waals surface area contributed by atoms with Gasteiger partial charge in [0.15, 0.2) is 0 Å². The molecule has 0 spiro atoms. The zero-order chi connectivity index (χ0) is 12.8. The van der Waals surface area contributed by atoms with Crippen molar-refractivity contribution >= 4 is 17.6 Å². The minimum atomic E-state index is 0.606. The predicted octanol–water partition coefficient (Wildman–Crippen LogP) is 2.98. The van der Waals surface area contributed by atoms with Gasteiger partial charge < -0.3 is 10.3 Å². The van der Waals surface area contributed by atoms with E-state index < -0.39 is 0 Å². The molecule has 0 saturated heterocycles. The van der Waals surface area contributed by atoms with E-state index in [1.165, 1.54) is 0 Å². The predicted molar refractivity (Wildman–Crippen MR) is 77.6 cm³/mol. The lowest BCUT2D eigenvalue weighted by molar-refractivity contribution is 0.513. The standard InChI is InChI=1S/C13H25N3S/c1-5-12-15-11(7-8-17-6-2)13(14)16(12)9-10(3)4/h10H,5-9,14H2,1-4H3. The summed E-state index contributed by atoms with van der Waals surface area (Å²) in [6.45, 7) is 9.73. The Morgan fingerprint density at radius 2 is 2.06 bits per heavy atom. The fraction of sp³-hybridized carbons (Fsp3) is 0.769. The van der Waals surface area contributed by atoms with Gasteiger partial charge in [0.25, 0.3) is 0 Å². The van der Waals surface area contributed by atoms with Crippen LogP contribution in [0.1, 0.15) is 39.2 Å². The van der Waals surface area contributed by atoms with Gasteiger partial charge in [0.1, 0.15) is 11.6 Å². The summed E-state index contributed by atoms with van der Waals surface area (Å²) >= 11 is 1.94. The first-order valence-electron chi connectivity index (χ1n) is 6.51. The zero-order valence-electron chi connectivity index (χ0n) is 11.5. The molecule has 0 aromatic carbocycles. The van der Waals surface area contributed by atoms with Crippen LogP contribution in [0, 0.1) is 5.92 Å². The van der Waals surface area contributed by atoms with Crippen LogP contribution in [0.25, 0.3) is 0 Å². The van der Waals surface area contributed by atoms with Crippen LogP contribution in [-0.4, -0.2) is 21.1 Å². The Morgan fingerprint density at radius 3 is 2.59 bits per heavy atom. The molecule has 0 unspecified atom stereocenters. The summed E-state index contributed by atoms with van der Waals surface area (Å²) in [5.74, 6) is 4.89. The molecular weight excluding hydrogens is 230 g/mol. The van der Waals surface area contributed by atoms with E-state index in [1.807, 2.05) is 11.8 Å². The normalized spacial score (nSPS) is 11.4. The molecule has 0 fully saturated rings. The van der Waals surface area contributed by atoms with Gasteiger partial charge in [-0.2, -0.15) is 11.8 Å². The molecule has 0 saturated carbocycles. The molecular formula is C13H25N3S. The minimum Gasteiger partial charge on any atom is -0.384 e. The van der Waals surface area contributed by atoms with E-state index in [2.05, 4.69) is 37.2 Å². The molecule has 1 aromatic rings. The number of rotatable bonds is 7. The van der Waals surface area contributed by atoms with Gasteiger partial charge in [-0.15, -0.1) is 0 Å². The highest BCUT2D eigenvalue weighted by Crippen LogP contribution is 2.19. The fourth-order valence-corrected chi connectivity index (χ4v) is 2.53. The zero-order valence-corrected chi connectivity index (χ0v) is 12.3. The highest BCUT2D eigenvalue weighted by Gasteiger charge is 2.13. The monoisotopic (exact) mass is 255 g/mol. The second-order valence-corrected chi connectivity index (χ2v) is 6.06. The number of nitrogens with two attached hydrogens (primary N) is 1. The van der Waals surface area contributed by atoms with E-state index in [0.717, 1.165) is 48.2 Å². The maximum atomic E-state index is 6.20. The van der Waals surface area contributed by atoms with Crippen molar-refractivity contribution in [1.29, 1.82) is 0 Å². The molecule has 17 heavy (non-hydrogen) atoms. The van der Waals surface area contributed by atoms with Crippen LogP contribution in [0.2, 0.25) is 0 Å². The lowest BCUT2D eigenvalue weighted by Gasteiger charge is -2.11. The van der Waals surface area contributed by atoms with Crippen LogP contribution >= 0.6 is 11.8 Å². The van der Waals surface area contributed by atoms with Crippen LogP contribution in [-0.2, 0) is 19.4 Å². The first-order valence-corrected chi connectivity index (χ1v) is 7.67. The van der Waals surface area contributed by atoms with Crippen molar-refractivity contribution in [3.05, 3.63) is 11.5 Å². The van der Waals surface area contributed by atoms with Gasteiger partial charge in [0.05, 0.1) is 5.69 Å². The Morgan fingerprint density at radius 1 is 1.35 bits per heavy atom. The van der Waals surface area contributed by atoms with Crippen molar-refractivity contribution in [1.82, 2.24) is 9.55 Å². The molecule has 0 aliphatic rings. The van der Waals surface area contributed by atoms with Crippen LogP contribution in [0.15, 0.2) is 0 Å². The van der Waals surface area contributed by atoms with Gasteiger partial charge in [0.2, 0.25) is 0 Å². The largest absolute Gasteiger partial charge is 0.384 e. The number of hydrogen-bond donors (Lipinski definition) is 1. The van der Waals surface area contributed by atoms with Crippen molar-refractivity contribution in [2.75, 3.05) is 17.2 Å². The first kappa shape index (κ1) is 14.4. The van der Waals surface area contributed by atoms with Crippen molar-refractivity contribution in [2.24, 2.45) is 5.92 Å². The average molecular weight is 255 g/mol. The molecule has 3 nitrogen and oxygen atoms in total. The molecule has 0 atom stereocenters. The molecule has 1 rings (SSSR count). The first-order chi connectivity index (χ1) is 8.10. The average Bonchev–Trinajstić information content (AvgIpc) is 2.57. The van der Waals surface area contributed by atoms with E-state index in [0.29, 0.717) is 5.92 Å². The third-order valence-corrected chi connectivity index (χ3v) is 3.61. The van der Waals surface area contributed by atoms with E-state index in [1.54, 1.807) is 0 Å². The lowest BCUT2D eigenvalue weighted by Crippen LogP contribution is -2.11. The lowest BCUT2D eigenvalue weighted by atomic mass is 10.2. The van der Waals surface area contributed by atoms with Crippen molar-refractivity contribution in [3.8, 4) is 0 Å². The Kier molecular flexibility index (Phi) is 5.89. The minimum absolute atomic E-state index is 0.606. The molecule has 98 valence electrons. The number of imidazole rings is 1. The van der Waals surface area contributed by atoms with Gasteiger partial charge in [0, 0.05) is 19.4 Å². The smallest absolute Gasteiger partial charge is 0.126 e. The SMILES string of the molecule is CCSCCc1nc(CC)n(CC(C)C)c1N. The molecule has 4 heteroatoms. The summed E-state index contributed by atoms with van der Waals surface area (Å²) in [5, 5.41) is 0. The van der Waals surface area contributed by atoms with Gasteiger partial charge in [-0.3, -0.25) is 0 Å². The third-order valence-electron chi connectivity index (χ3n) is 2.71. The topological polar surface area (TPSA) is 43.8 Å². The molecule has 1 aromatic heterocycles. The summed E-state index contributed by atoms with van der Waals surface area (Å²) < 4.78 is 2.19. The van der Waals surface area contributed by atoms with Crippen molar-refractivity contribution < 1.29 is 0 Å². The highest BCUT2D eigenvalue weighted by atomic mass is 32.2. The molecule has 0 bridgehead atoms. The summed E-state index contributed by atoms with van der Waals surface area (Å²) in [7, 11) is 0. The molecule has 0 aliphatic carbocycles. The molecule has 0 amide bonds. The molecule has 0 aliphatic heterocycles. The van der Waals surface area contributed by atoms with E-state index in [9.17, 15) is 0 Å². The summed E-state index contributed by atoms with van der Waals surface area (Å²) in [5.41, 5.74) is 7.29. The number of anilines is 1. The van der Waals surface area contributed by atoms with Gasteiger partial charge in [-0.05, 0) is 17.4 Å². The maximum Gasteiger partial charge on any atom is 0.126 e. The van der Waals surface area contributed by atoms with Crippen LogP contribution in [0.5, 0.6) is 0 Å². The fourth-order valence-electron chi connectivity index (χ4n) is 1.90. The van der Waals surface area contributed by atoms with Gasteiger partial charge in [-0.25, -0.2) is 4.98 Å². The highest BCUT2D eigenvalue weighted by molar-refractivity contribution is 7.99. The van der Waals surface area contributed by atoms with Gasteiger partial charge in [-0.1, -0.05) is 27.7 Å². The van der Waals surface area contributed by atoms with Crippen LogP contribution < -0.4 is 5.73 Å². The number of hydrogen-bond acceptors (Lipinski definition) is 3.